The molecule has 112 valence electrons. The molecule has 1 atom stereocenters. The number of rotatable bonds is 5. The normalized spacial score (nSPS) is 12.4. The Hall–Kier alpha value is -1.74. The van der Waals surface area contributed by atoms with Gasteiger partial charge in [0.2, 0.25) is 0 Å². The second-order valence-electron chi connectivity index (χ2n) is 5.60. The molecule has 0 spiro atoms. The summed E-state index contributed by atoms with van der Waals surface area (Å²) in [5.41, 5.74) is 4.07. The molecule has 1 N–H and O–H groups in total. The number of hydrogen-bond donors (Lipinski definition) is 1. The second-order valence-corrected chi connectivity index (χ2v) is 5.60. The Kier molecular flexibility index (Phi) is 5.07. The molecule has 3 heteroatoms. The lowest BCUT2D eigenvalue weighted by molar-refractivity contribution is 0.482. The van der Waals surface area contributed by atoms with Gasteiger partial charge in [-0.15, -0.1) is 0 Å². The lowest BCUT2D eigenvalue weighted by Gasteiger charge is -2.17. The van der Waals surface area contributed by atoms with E-state index < -0.39 is 11.6 Å². The smallest absolute Gasteiger partial charge is 0.162 e. The summed E-state index contributed by atoms with van der Waals surface area (Å²) in [6.45, 7) is 4.13. The fourth-order valence-electron chi connectivity index (χ4n) is 2.72. The van der Waals surface area contributed by atoms with Gasteiger partial charge < -0.3 is 5.32 Å². The summed E-state index contributed by atoms with van der Waals surface area (Å²) in [6, 6.07) is 10.8. The van der Waals surface area contributed by atoms with E-state index in [0.29, 0.717) is 12.0 Å². The number of hydrogen-bond acceptors (Lipinski definition) is 1. The van der Waals surface area contributed by atoms with Gasteiger partial charge >= 0.3 is 0 Å². The van der Waals surface area contributed by atoms with E-state index in [1.165, 1.54) is 16.7 Å². The maximum atomic E-state index is 13.8. The number of nitrogens with one attached hydrogen (secondary N) is 1. The molecule has 0 fully saturated rings. The van der Waals surface area contributed by atoms with Crippen molar-refractivity contribution in [1.82, 2.24) is 5.32 Å². The van der Waals surface area contributed by atoms with E-state index in [1.54, 1.807) is 12.1 Å². The first-order valence-corrected chi connectivity index (χ1v) is 7.17. The van der Waals surface area contributed by atoms with Crippen LogP contribution in [0.2, 0.25) is 0 Å². The molecule has 0 heterocycles. The predicted molar refractivity (Wildman–Crippen MR) is 82.5 cm³/mol. The molecule has 21 heavy (non-hydrogen) atoms. The minimum atomic E-state index is -0.784. The molecule has 2 aromatic carbocycles. The quantitative estimate of drug-likeness (QED) is 0.878. The molecule has 0 bridgehead atoms. The highest BCUT2D eigenvalue weighted by molar-refractivity contribution is 5.29. The van der Waals surface area contributed by atoms with Crippen molar-refractivity contribution in [3.05, 3.63) is 70.3 Å². The van der Waals surface area contributed by atoms with E-state index in [-0.39, 0.29) is 6.04 Å². The Bertz CT molecular complexity index is 602. The van der Waals surface area contributed by atoms with Crippen LogP contribution in [0.5, 0.6) is 0 Å². The largest absolute Gasteiger partial charge is 0.316 e. The Labute approximate surface area is 125 Å². The first-order chi connectivity index (χ1) is 9.99. The summed E-state index contributed by atoms with van der Waals surface area (Å²) >= 11 is 0. The molecule has 1 unspecified atom stereocenters. The van der Waals surface area contributed by atoms with Gasteiger partial charge in [0.25, 0.3) is 0 Å². The van der Waals surface area contributed by atoms with Crippen LogP contribution in [0.15, 0.2) is 36.4 Å². The van der Waals surface area contributed by atoms with Crippen molar-refractivity contribution in [3.63, 3.8) is 0 Å². The second kappa shape index (κ2) is 6.81. The average Bonchev–Trinajstić information content (AvgIpc) is 2.42. The van der Waals surface area contributed by atoms with Crippen LogP contribution in [0, 0.1) is 25.5 Å². The summed E-state index contributed by atoms with van der Waals surface area (Å²) in [6.07, 6.45) is 1.25. The molecular weight excluding hydrogens is 268 g/mol. The van der Waals surface area contributed by atoms with E-state index in [1.807, 2.05) is 7.05 Å². The average molecular weight is 289 g/mol. The van der Waals surface area contributed by atoms with E-state index in [4.69, 9.17) is 0 Å². The first-order valence-electron chi connectivity index (χ1n) is 7.17. The highest BCUT2D eigenvalue weighted by atomic mass is 19.2. The van der Waals surface area contributed by atoms with E-state index in [2.05, 4.69) is 37.4 Å². The fraction of sp³-hybridized carbons (Fsp3) is 0.333. The van der Waals surface area contributed by atoms with Crippen molar-refractivity contribution >= 4 is 0 Å². The Balaban J connectivity index is 2.15. The van der Waals surface area contributed by atoms with Gasteiger partial charge in [0.05, 0.1) is 0 Å². The highest BCUT2D eigenvalue weighted by Crippen LogP contribution is 2.16. The fourth-order valence-corrected chi connectivity index (χ4v) is 2.72. The molecule has 2 aromatic rings. The predicted octanol–water partition coefficient (Wildman–Crippen LogP) is 3.95. The summed E-state index contributed by atoms with van der Waals surface area (Å²) in [5.74, 6) is -1.52. The van der Waals surface area contributed by atoms with E-state index >= 15 is 0 Å². The zero-order valence-corrected chi connectivity index (χ0v) is 12.7. The van der Waals surface area contributed by atoms with Crippen molar-refractivity contribution in [1.29, 1.82) is 0 Å². The van der Waals surface area contributed by atoms with Gasteiger partial charge in [-0.2, -0.15) is 0 Å². The third-order valence-electron chi connectivity index (χ3n) is 3.67. The van der Waals surface area contributed by atoms with Crippen LogP contribution in [0.3, 0.4) is 0 Å². The van der Waals surface area contributed by atoms with Gasteiger partial charge in [-0.05, 0) is 50.9 Å². The molecule has 0 aliphatic heterocycles. The molecule has 0 radical (unpaired) electrons. The van der Waals surface area contributed by atoms with Crippen LogP contribution in [-0.4, -0.2) is 13.1 Å². The molecule has 0 saturated carbocycles. The minimum Gasteiger partial charge on any atom is -0.316 e. The summed E-state index contributed by atoms with van der Waals surface area (Å²) in [4.78, 5) is 0. The van der Waals surface area contributed by atoms with Crippen molar-refractivity contribution in [2.45, 2.75) is 32.7 Å². The Morgan fingerprint density at radius 2 is 1.67 bits per heavy atom. The number of halogens is 2. The van der Waals surface area contributed by atoms with Gasteiger partial charge in [0.1, 0.15) is 0 Å². The van der Waals surface area contributed by atoms with Crippen LogP contribution in [0.4, 0.5) is 8.78 Å². The molecule has 1 nitrogen and oxygen atoms in total. The van der Waals surface area contributed by atoms with Gasteiger partial charge in [-0.1, -0.05) is 41.5 Å². The van der Waals surface area contributed by atoms with E-state index in [9.17, 15) is 8.78 Å². The SMILES string of the molecule is CNC(Cc1cc(C)cc(C)c1)Cc1cccc(F)c1F. The molecule has 0 aliphatic rings. The summed E-state index contributed by atoms with van der Waals surface area (Å²) in [5, 5.41) is 3.20. The third-order valence-corrected chi connectivity index (χ3v) is 3.67. The van der Waals surface area contributed by atoms with Crippen LogP contribution in [0.1, 0.15) is 22.3 Å². The third kappa shape index (κ3) is 4.11. The zero-order valence-electron chi connectivity index (χ0n) is 12.7. The van der Waals surface area contributed by atoms with Gasteiger partial charge in [-0.25, -0.2) is 8.78 Å². The van der Waals surface area contributed by atoms with Crippen molar-refractivity contribution in [3.8, 4) is 0 Å². The van der Waals surface area contributed by atoms with Gasteiger partial charge in [0, 0.05) is 6.04 Å². The monoisotopic (exact) mass is 289 g/mol. The summed E-state index contributed by atoms with van der Waals surface area (Å²) < 4.78 is 27.0. The zero-order chi connectivity index (χ0) is 15.4. The van der Waals surface area contributed by atoms with Crippen LogP contribution >= 0.6 is 0 Å². The molecule has 0 amide bonds. The molecule has 2 rings (SSSR count). The maximum Gasteiger partial charge on any atom is 0.162 e. The molecule has 0 aromatic heterocycles. The molecule has 0 saturated heterocycles. The maximum absolute atomic E-state index is 13.8. The molecular formula is C18H21F2N. The Morgan fingerprint density at radius 1 is 1.00 bits per heavy atom. The molecule has 0 aliphatic carbocycles. The highest BCUT2D eigenvalue weighted by Gasteiger charge is 2.14. The lowest BCUT2D eigenvalue weighted by atomic mass is 9.96. The number of benzene rings is 2. The van der Waals surface area contributed by atoms with Crippen molar-refractivity contribution in [2.75, 3.05) is 7.05 Å². The number of aryl methyl sites for hydroxylation is 2. The van der Waals surface area contributed by atoms with Crippen molar-refractivity contribution in [2.24, 2.45) is 0 Å². The van der Waals surface area contributed by atoms with Gasteiger partial charge in [0.15, 0.2) is 11.6 Å². The van der Waals surface area contributed by atoms with Gasteiger partial charge in [-0.3, -0.25) is 0 Å². The standard InChI is InChI=1S/C18H21F2N/c1-12-7-13(2)9-14(8-12)10-16(21-3)11-15-5-4-6-17(19)18(15)20/h4-9,16,21H,10-11H2,1-3H3. The van der Waals surface area contributed by atoms with E-state index in [0.717, 1.165) is 12.5 Å². The topological polar surface area (TPSA) is 12.0 Å². The van der Waals surface area contributed by atoms with Crippen LogP contribution in [0.25, 0.3) is 0 Å². The Morgan fingerprint density at radius 3 is 2.29 bits per heavy atom. The first kappa shape index (κ1) is 15.6. The van der Waals surface area contributed by atoms with Crippen LogP contribution < -0.4 is 5.32 Å². The summed E-state index contributed by atoms with van der Waals surface area (Å²) in [7, 11) is 1.85. The lowest BCUT2D eigenvalue weighted by Crippen LogP contribution is -2.30. The van der Waals surface area contributed by atoms with Crippen LogP contribution in [-0.2, 0) is 12.8 Å². The number of likely N-dealkylation sites (N-methyl/N-ethyl adjacent to an activating group) is 1. The van der Waals surface area contributed by atoms with Crippen molar-refractivity contribution < 1.29 is 8.78 Å². The minimum absolute atomic E-state index is 0.0718.